The second-order valence-corrected chi connectivity index (χ2v) is 5.94. The molecule has 27 heavy (non-hydrogen) atoms. The zero-order valence-corrected chi connectivity index (χ0v) is 15.7. The number of hydrogen-bond acceptors (Lipinski definition) is 6. The zero-order valence-electron chi connectivity index (χ0n) is 14.2. The Morgan fingerprint density at radius 2 is 1.93 bits per heavy atom. The molecule has 0 saturated carbocycles. The average Bonchev–Trinajstić information content (AvgIpc) is 2.96. The van der Waals surface area contributed by atoms with E-state index in [0.717, 1.165) is 5.56 Å². The van der Waals surface area contributed by atoms with Crippen molar-refractivity contribution in [2.75, 3.05) is 5.73 Å². The van der Waals surface area contributed by atoms with Gasteiger partial charge in [0, 0.05) is 24.3 Å². The van der Waals surface area contributed by atoms with E-state index in [1.165, 1.54) is 24.4 Å². The van der Waals surface area contributed by atoms with Gasteiger partial charge in [0.15, 0.2) is 12.4 Å². The summed E-state index contributed by atoms with van der Waals surface area (Å²) in [6.07, 6.45) is 5.34. The van der Waals surface area contributed by atoms with Crippen molar-refractivity contribution in [1.29, 1.82) is 0 Å². The van der Waals surface area contributed by atoms with Gasteiger partial charge in [0.05, 0.1) is 22.7 Å². The lowest BCUT2D eigenvalue weighted by Crippen LogP contribution is -3.00. The molecular weight excluding hydrogens is 393 g/mol. The summed E-state index contributed by atoms with van der Waals surface area (Å²) in [5.74, 6) is 0.337. The maximum absolute atomic E-state index is 10.8. The monoisotopic (exact) mass is 407 g/mol. The molecule has 0 spiro atoms. The summed E-state index contributed by atoms with van der Waals surface area (Å²) in [6.45, 7) is 0.486. The minimum absolute atomic E-state index is 0. The number of nitrogen functional groups attached to an aromatic ring is 1. The van der Waals surface area contributed by atoms with E-state index in [1.54, 1.807) is 4.68 Å². The Bertz CT molecular complexity index is 987. The molecule has 1 aromatic carbocycles. The van der Waals surface area contributed by atoms with Crippen LogP contribution in [0.2, 0.25) is 5.02 Å². The van der Waals surface area contributed by atoms with Gasteiger partial charge in [-0.25, -0.2) is 9.25 Å². The van der Waals surface area contributed by atoms with Crippen molar-refractivity contribution >= 4 is 34.5 Å². The lowest BCUT2D eigenvalue weighted by Gasteiger charge is -2.03. The molecule has 0 saturated heterocycles. The second-order valence-electron chi connectivity index (χ2n) is 5.54. The predicted molar refractivity (Wildman–Crippen MR) is 95.6 cm³/mol. The number of aromatic nitrogens is 3. The molecule has 3 aromatic rings. The molecule has 140 valence electrons. The molecule has 9 nitrogen and oxygen atoms in total. The molecule has 0 unspecified atom stereocenters. The van der Waals surface area contributed by atoms with Gasteiger partial charge < -0.3 is 18.1 Å². The third-order valence-corrected chi connectivity index (χ3v) is 3.97. The summed E-state index contributed by atoms with van der Waals surface area (Å²) < 4.78 is 3.52. The van der Waals surface area contributed by atoms with Crippen molar-refractivity contribution < 1.29 is 21.9 Å². The lowest BCUT2D eigenvalue weighted by atomic mass is 10.3. The number of benzene rings is 1. The molecule has 0 fully saturated rings. The van der Waals surface area contributed by atoms with Crippen LogP contribution in [0.5, 0.6) is 0 Å². The Hall–Kier alpha value is -3.04. The van der Waals surface area contributed by atoms with Crippen LogP contribution in [0.1, 0.15) is 5.56 Å². The highest BCUT2D eigenvalue weighted by atomic mass is 35.5. The van der Waals surface area contributed by atoms with E-state index in [1.807, 2.05) is 36.1 Å². The Kier molecular flexibility index (Phi) is 6.43. The number of hydrogen-bond donors (Lipinski definition) is 1. The van der Waals surface area contributed by atoms with Crippen LogP contribution in [0.25, 0.3) is 0 Å². The summed E-state index contributed by atoms with van der Waals surface area (Å²) >= 11 is 6.00. The van der Waals surface area contributed by atoms with Crippen LogP contribution in [0.3, 0.4) is 0 Å². The number of nitrogens with two attached hydrogens (primary N) is 1. The number of anilines is 1. The summed E-state index contributed by atoms with van der Waals surface area (Å²) in [5.41, 5.74) is 7.51. The van der Waals surface area contributed by atoms with E-state index in [4.69, 9.17) is 17.3 Å². The molecule has 2 N–H and O–H groups in total. The predicted octanol–water partition coefficient (Wildman–Crippen LogP) is 0.319. The second kappa shape index (κ2) is 8.56. The fraction of sp³-hybridized carbons (Fsp3) is 0.125. The molecule has 0 amide bonds. The van der Waals surface area contributed by atoms with Gasteiger partial charge >= 0.3 is 0 Å². The average molecular weight is 408 g/mol. The Morgan fingerprint density at radius 3 is 2.59 bits per heavy atom. The lowest BCUT2D eigenvalue weighted by molar-refractivity contribution is -0.671. The largest absolute Gasteiger partial charge is 1.00 e. The minimum Gasteiger partial charge on any atom is -1.00 e. The molecular formula is C16H15Cl2N7O2. The molecule has 0 aliphatic rings. The van der Waals surface area contributed by atoms with Gasteiger partial charge in [-0.2, -0.15) is 5.10 Å². The van der Waals surface area contributed by atoms with Crippen LogP contribution in [0.15, 0.2) is 59.2 Å². The van der Waals surface area contributed by atoms with Crippen molar-refractivity contribution in [2.45, 2.75) is 6.54 Å². The Labute approximate surface area is 165 Å². The van der Waals surface area contributed by atoms with Crippen LogP contribution in [0.4, 0.5) is 22.9 Å². The van der Waals surface area contributed by atoms with E-state index < -0.39 is 4.92 Å². The van der Waals surface area contributed by atoms with Crippen molar-refractivity contribution in [2.24, 2.45) is 17.3 Å². The van der Waals surface area contributed by atoms with Crippen LogP contribution in [0, 0.1) is 10.1 Å². The number of nitro benzene ring substituents is 1. The third kappa shape index (κ3) is 4.78. The fourth-order valence-electron chi connectivity index (χ4n) is 2.20. The molecule has 2 heterocycles. The highest BCUT2D eigenvalue weighted by Crippen LogP contribution is 2.31. The molecule has 0 bridgehead atoms. The molecule has 3 rings (SSSR count). The number of non-ortho nitro benzene ring substituents is 1. The first kappa shape index (κ1) is 20.3. The van der Waals surface area contributed by atoms with Gasteiger partial charge in [-0.3, -0.25) is 10.1 Å². The first-order chi connectivity index (χ1) is 12.4. The number of azo groups is 1. The topological polar surface area (TPSA) is 116 Å². The maximum atomic E-state index is 10.8. The molecule has 0 aliphatic heterocycles. The first-order valence-corrected chi connectivity index (χ1v) is 7.93. The number of pyridine rings is 1. The normalized spacial score (nSPS) is 10.7. The number of rotatable bonds is 5. The Balaban J connectivity index is 0.00000261. The smallest absolute Gasteiger partial charge is 0.271 e. The highest BCUT2D eigenvalue weighted by molar-refractivity contribution is 6.33. The maximum Gasteiger partial charge on any atom is 0.271 e. The van der Waals surface area contributed by atoms with Crippen molar-refractivity contribution in [3.63, 3.8) is 0 Å². The molecule has 0 aliphatic carbocycles. The number of nitrogens with zero attached hydrogens (tertiary/aromatic N) is 6. The Morgan fingerprint density at radius 1 is 1.26 bits per heavy atom. The van der Waals surface area contributed by atoms with Gasteiger partial charge in [0.25, 0.3) is 5.69 Å². The fourth-order valence-corrected chi connectivity index (χ4v) is 2.35. The van der Waals surface area contributed by atoms with Gasteiger partial charge in [-0.15, -0.1) is 10.2 Å². The minimum atomic E-state index is -0.526. The summed E-state index contributed by atoms with van der Waals surface area (Å²) in [7, 11) is 1.93. The van der Waals surface area contributed by atoms with Gasteiger partial charge in [-0.1, -0.05) is 11.6 Å². The quantitative estimate of drug-likeness (QED) is 0.283. The van der Waals surface area contributed by atoms with Crippen molar-refractivity contribution in [3.8, 4) is 0 Å². The van der Waals surface area contributed by atoms with E-state index in [-0.39, 0.29) is 28.8 Å². The molecule has 0 atom stereocenters. The molecule has 2 aromatic heterocycles. The molecule has 11 heteroatoms. The van der Waals surface area contributed by atoms with Crippen molar-refractivity contribution in [3.05, 3.63) is 69.6 Å². The van der Waals surface area contributed by atoms with Gasteiger partial charge in [0.1, 0.15) is 24.2 Å². The number of nitro groups is 1. The van der Waals surface area contributed by atoms with Crippen LogP contribution < -0.4 is 22.7 Å². The van der Waals surface area contributed by atoms with E-state index >= 15 is 0 Å². The standard InChI is InChI=1S/C16H15ClN7O2.ClH/c1-22-6-4-11(5-7-22)10-23-16(18)15(9-19-23)21-20-14-8-12(24(25)26)2-3-13(14)17;/h2-9H,10,18H2,1H3;1H/q+1;/p-1/b21-20+;. The summed E-state index contributed by atoms with van der Waals surface area (Å²) in [6, 6.07) is 7.87. The van der Waals surface area contributed by atoms with Gasteiger partial charge in [-0.05, 0) is 11.6 Å². The van der Waals surface area contributed by atoms with Gasteiger partial charge in [0.2, 0.25) is 0 Å². The van der Waals surface area contributed by atoms with Crippen LogP contribution in [-0.2, 0) is 13.6 Å². The third-order valence-electron chi connectivity index (χ3n) is 3.65. The van der Waals surface area contributed by atoms with E-state index in [2.05, 4.69) is 15.3 Å². The van der Waals surface area contributed by atoms with Crippen LogP contribution >= 0.6 is 11.6 Å². The van der Waals surface area contributed by atoms with Crippen LogP contribution in [-0.4, -0.2) is 14.7 Å². The molecule has 0 radical (unpaired) electrons. The van der Waals surface area contributed by atoms with E-state index in [0.29, 0.717) is 18.1 Å². The zero-order chi connectivity index (χ0) is 18.7. The summed E-state index contributed by atoms with van der Waals surface area (Å²) in [5, 5.41) is 23.3. The SMILES string of the molecule is C[n+]1ccc(Cn2ncc(/N=N/c3cc([N+](=O)[O-])ccc3Cl)c2N)cc1.[Cl-]. The number of aryl methyl sites for hydroxylation is 1. The first-order valence-electron chi connectivity index (χ1n) is 7.55. The van der Waals surface area contributed by atoms with E-state index in [9.17, 15) is 10.1 Å². The highest BCUT2D eigenvalue weighted by Gasteiger charge is 2.11. The number of halogens is 2. The summed E-state index contributed by atoms with van der Waals surface area (Å²) in [4.78, 5) is 10.3. The van der Waals surface area contributed by atoms with Crippen molar-refractivity contribution in [1.82, 2.24) is 9.78 Å².